The zero-order valence-electron chi connectivity index (χ0n) is 15.8. The summed E-state index contributed by atoms with van der Waals surface area (Å²) in [6.07, 6.45) is 1.41. The third-order valence-corrected chi connectivity index (χ3v) is 7.03. The maximum Gasteiger partial charge on any atom is 0.296 e. The number of nitrogens with one attached hydrogen (secondary N) is 1. The van der Waals surface area contributed by atoms with E-state index in [1.807, 2.05) is 18.2 Å². The van der Waals surface area contributed by atoms with Crippen LogP contribution in [0.5, 0.6) is 0 Å². The first kappa shape index (κ1) is 19.2. The number of hydrogen-bond acceptors (Lipinski definition) is 3. The van der Waals surface area contributed by atoms with Crippen molar-refractivity contribution in [3.05, 3.63) is 45.9 Å². The highest BCUT2D eigenvalue weighted by molar-refractivity contribution is 7.92. The number of alkyl halides is 2. The molecular weight excluding hydrogens is 388 g/mol. The Balaban J connectivity index is 1.62. The highest BCUT2D eigenvalue weighted by Crippen LogP contribution is 2.43. The molecule has 0 saturated heterocycles. The molecule has 1 aromatic heterocycles. The third kappa shape index (κ3) is 3.59. The van der Waals surface area contributed by atoms with Gasteiger partial charge in [0.1, 0.15) is 5.69 Å². The van der Waals surface area contributed by atoms with Crippen LogP contribution in [0.25, 0.3) is 5.69 Å². The molecule has 1 N–H and O–H groups in total. The summed E-state index contributed by atoms with van der Waals surface area (Å²) in [4.78, 5) is 13.0. The molecule has 1 aromatic carbocycles. The van der Waals surface area contributed by atoms with Crippen LogP contribution in [-0.2, 0) is 17.1 Å². The Bertz CT molecular complexity index is 1080. The second-order valence-electron chi connectivity index (χ2n) is 7.98. The van der Waals surface area contributed by atoms with Crippen LogP contribution in [0.3, 0.4) is 0 Å². The standard InChI is InChI=1S/C19H23F2N3O3S/c1-12-17(22-28(26,27)11-13-9-19(20,21)10-13)18(25)24(23(12)2)16-5-3-4-15(8-16)14-6-7-14/h3-5,8,13-14,22H,6-7,9-11H2,1-2H3. The van der Waals surface area contributed by atoms with Gasteiger partial charge in [0.25, 0.3) is 5.56 Å². The van der Waals surface area contributed by atoms with Gasteiger partial charge in [0, 0.05) is 19.9 Å². The van der Waals surface area contributed by atoms with Crippen LogP contribution in [0.1, 0.15) is 42.9 Å². The minimum atomic E-state index is -3.90. The van der Waals surface area contributed by atoms with E-state index in [4.69, 9.17) is 0 Å². The molecular formula is C19H23F2N3O3S. The number of sulfonamides is 1. The first-order valence-electron chi connectivity index (χ1n) is 9.33. The fourth-order valence-electron chi connectivity index (χ4n) is 3.85. The van der Waals surface area contributed by atoms with Crippen molar-refractivity contribution in [1.29, 1.82) is 0 Å². The second-order valence-corrected chi connectivity index (χ2v) is 9.75. The minimum Gasteiger partial charge on any atom is -0.283 e. The summed E-state index contributed by atoms with van der Waals surface area (Å²) in [6.45, 7) is 1.65. The van der Waals surface area contributed by atoms with E-state index in [-0.39, 0.29) is 5.69 Å². The van der Waals surface area contributed by atoms with Crippen molar-refractivity contribution in [2.45, 2.75) is 44.4 Å². The number of aromatic nitrogens is 2. The predicted molar refractivity (Wildman–Crippen MR) is 103 cm³/mol. The molecule has 9 heteroatoms. The first-order chi connectivity index (χ1) is 13.1. The molecule has 0 amide bonds. The minimum absolute atomic E-state index is 0.0367. The Morgan fingerprint density at radius 1 is 1.25 bits per heavy atom. The number of nitrogens with zero attached hydrogens (tertiary/aromatic N) is 2. The Hall–Kier alpha value is -2.16. The van der Waals surface area contributed by atoms with E-state index < -0.39 is 46.0 Å². The molecule has 6 nitrogen and oxygen atoms in total. The van der Waals surface area contributed by atoms with Gasteiger partial charge in [0.15, 0.2) is 0 Å². The van der Waals surface area contributed by atoms with Crippen LogP contribution in [-0.4, -0.2) is 29.5 Å². The summed E-state index contributed by atoms with van der Waals surface area (Å²) in [5.74, 6) is -3.25. The SMILES string of the molecule is Cc1c(NS(=O)(=O)CC2CC(F)(F)C2)c(=O)n(-c2cccc(C3CC3)c2)n1C. The smallest absolute Gasteiger partial charge is 0.283 e. The summed E-state index contributed by atoms with van der Waals surface area (Å²) in [7, 11) is -2.21. The van der Waals surface area contributed by atoms with Crippen molar-refractivity contribution in [2.75, 3.05) is 10.5 Å². The number of benzene rings is 1. The van der Waals surface area contributed by atoms with Gasteiger partial charge in [0.2, 0.25) is 15.9 Å². The summed E-state index contributed by atoms with van der Waals surface area (Å²) >= 11 is 0. The topological polar surface area (TPSA) is 73.1 Å². The van der Waals surface area contributed by atoms with Gasteiger partial charge < -0.3 is 0 Å². The van der Waals surface area contributed by atoms with Crippen molar-refractivity contribution in [2.24, 2.45) is 13.0 Å². The molecule has 0 spiro atoms. The molecule has 0 atom stereocenters. The van der Waals surface area contributed by atoms with Crippen LogP contribution in [0.2, 0.25) is 0 Å². The molecule has 2 fully saturated rings. The quantitative estimate of drug-likeness (QED) is 0.794. The molecule has 1 heterocycles. The van der Waals surface area contributed by atoms with E-state index in [2.05, 4.69) is 4.72 Å². The summed E-state index contributed by atoms with van der Waals surface area (Å²) in [5.41, 5.74) is 1.78. The van der Waals surface area contributed by atoms with E-state index in [1.54, 1.807) is 24.7 Å². The molecule has 2 saturated carbocycles. The summed E-state index contributed by atoms with van der Waals surface area (Å²) in [5, 5.41) is 0. The Labute approximate surface area is 162 Å². The van der Waals surface area contributed by atoms with Gasteiger partial charge in [0.05, 0.1) is 17.1 Å². The monoisotopic (exact) mass is 411 g/mol. The number of anilines is 1. The first-order valence-corrected chi connectivity index (χ1v) is 11.0. The maximum absolute atomic E-state index is 13.0. The molecule has 28 heavy (non-hydrogen) atoms. The Kier molecular flexibility index (Phi) is 4.41. The molecule has 152 valence electrons. The van der Waals surface area contributed by atoms with E-state index in [9.17, 15) is 22.0 Å². The molecule has 4 rings (SSSR count). The average molecular weight is 411 g/mol. The highest BCUT2D eigenvalue weighted by Gasteiger charge is 2.46. The lowest BCUT2D eigenvalue weighted by atomic mass is 9.83. The predicted octanol–water partition coefficient (Wildman–Crippen LogP) is 3.15. The zero-order chi connectivity index (χ0) is 20.3. The number of rotatable bonds is 6. The second kappa shape index (κ2) is 6.43. The van der Waals surface area contributed by atoms with Crippen molar-refractivity contribution in [3.8, 4) is 5.69 Å². The van der Waals surface area contributed by atoms with Crippen LogP contribution in [0.4, 0.5) is 14.5 Å². The fraction of sp³-hybridized carbons (Fsp3) is 0.526. The summed E-state index contributed by atoms with van der Waals surface area (Å²) < 4.78 is 56.2. The van der Waals surface area contributed by atoms with Crippen LogP contribution in [0, 0.1) is 12.8 Å². The van der Waals surface area contributed by atoms with Crippen molar-refractivity contribution in [1.82, 2.24) is 9.36 Å². The van der Waals surface area contributed by atoms with Gasteiger partial charge >= 0.3 is 0 Å². The van der Waals surface area contributed by atoms with Crippen LogP contribution < -0.4 is 10.3 Å². The molecule has 2 aromatic rings. The Morgan fingerprint density at radius 2 is 1.93 bits per heavy atom. The molecule has 0 aliphatic heterocycles. The van der Waals surface area contributed by atoms with E-state index in [1.165, 1.54) is 4.68 Å². The molecule has 2 aliphatic carbocycles. The van der Waals surface area contributed by atoms with Gasteiger partial charge in [-0.15, -0.1) is 0 Å². The van der Waals surface area contributed by atoms with Gasteiger partial charge in [-0.1, -0.05) is 12.1 Å². The average Bonchev–Trinajstić information content (AvgIpc) is 3.39. The Morgan fingerprint density at radius 3 is 2.54 bits per heavy atom. The molecule has 2 aliphatic rings. The van der Waals surface area contributed by atoms with Crippen LogP contribution in [0.15, 0.2) is 29.1 Å². The van der Waals surface area contributed by atoms with E-state index in [0.717, 1.165) is 18.4 Å². The zero-order valence-corrected chi connectivity index (χ0v) is 16.6. The van der Waals surface area contributed by atoms with Crippen molar-refractivity contribution >= 4 is 15.7 Å². The van der Waals surface area contributed by atoms with E-state index in [0.29, 0.717) is 17.3 Å². The lowest BCUT2D eigenvalue weighted by Crippen LogP contribution is -2.40. The highest BCUT2D eigenvalue weighted by atomic mass is 32.2. The lowest BCUT2D eigenvalue weighted by Gasteiger charge is -2.34. The van der Waals surface area contributed by atoms with Crippen molar-refractivity contribution in [3.63, 3.8) is 0 Å². The van der Waals surface area contributed by atoms with Crippen LogP contribution >= 0.6 is 0 Å². The number of hydrogen-bond donors (Lipinski definition) is 1. The van der Waals surface area contributed by atoms with Gasteiger partial charge in [-0.3, -0.25) is 14.2 Å². The van der Waals surface area contributed by atoms with E-state index >= 15 is 0 Å². The van der Waals surface area contributed by atoms with Gasteiger partial charge in [-0.25, -0.2) is 21.9 Å². The summed E-state index contributed by atoms with van der Waals surface area (Å²) in [6, 6.07) is 7.67. The van der Waals surface area contributed by atoms with Crippen molar-refractivity contribution < 1.29 is 17.2 Å². The van der Waals surface area contributed by atoms with Gasteiger partial charge in [-0.2, -0.15) is 0 Å². The normalized spacial score (nSPS) is 19.4. The fourth-order valence-corrected chi connectivity index (χ4v) is 5.34. The molecule has 0 unspecified atom stereocenters. The number of halogens is 2. The largest absolute Gasteiger partial charge is 0.296 e. The molecule has 0 bridgehead atoms. The third-order valence-electron chi connectivity index (χ3n) is 5.60. The molecule has 0 radical (unpaired) electrons. The maximum atomic E-state index is 13.0. The van der Waals surface area contributed by atoms with Gasteiger partial charge in [-0.05, 0) is 49.3 Å². The lowest BCUT2D eigenvalue weighted by molar-refractivity contribution is -0.103.